The van der Waals surface area contributed by atoms with Gasteiger partial charge >= 0.3 is 6.85 Å². The second kappa shape index (κ2) is 15.9. The van der Waals surface area contributed by atoms with Gasteiger partial charge in [0.2, 0.25) is 0 Å². The smallest absolute Gasteiger partial charge is 0.333 e. The highest BCUT2D eigenvalue weighted by atomic mass is 15.2. The van der Waals surface area contributed by atoms with Gasteiger partial charge in [0.1, 0.15) is 0 Å². The lowest BCUT2D eigenvalue weighted by Crippen LogP contribution is -2.51. The first-order valence-electron chi connectivity index (χ1n) is 25.6. The number of anilines is 5. The van der Waals surface area contributed by atoms with Crippen LogP contribution in [0.5, 0.6) is 0 Å². The fourth-order valence-electron chi connectivity index (χ4n) is 12.3. The molecule has 0 unspecified atom stereocenters. The van der Waals surface area contributed by atoms with Crippen molar-refractivity contribution in [3.05, 3.63) is 227 Å². The zero-order valence-corrected chi connectivity index (χ0v) is 43.3. The third kappa shape index (κ3) is 6.92. The molecule has 1 aliphatic carbocycles. The molecule has 3 heterocycles. The van der Waals surface area contributed by atoms with Gasteiger partial charge in [0.25, 0.3) is 0 Å². The minimum atomic E-state index is -0.429. The molecule has 0 saturated carbocycles. The Morgan fingerprint density at radius 1 is 0.493 bits per heavy atom. The quantitative estimate of drug-likeness (QED) is 0.154. The van der Waals surface area contributed by atoms with E-state index in [9.17, 15) is 0 Å². The van der Waals surface area contributed by atoms with Crippen LogP contribution in [-0.2, 0) is 16.2 Å². The summed E-state index contributed by atoms with van der Waals surface area (Å²) in [5.41, 5.74) is 23.6. The zero-order valence-electron chi connectivity index (χ0n) is 43.3. The Morgan fingerprint density at radius 2 is 1.03 bits per heavy atom. The monoisotopic (exact) mass is 922 g/mol. The molecule has 2 aliphatic heterocycles. The van der Waals surface area contributed by atoms with Gasteiger partial charge in [-0.15, -0.1) is 0 Å². The lowest BCUT2D eigenvalue weighted by Gasteiger charge is -2.45. The van der Waals surface area contributed by atoms with Gasteiger partial charge in [-0.05, 0) is 132 Å². The molecule has 3 nitrogen and oxygen atoms in total. The minimum Gasteiger partial charge on any atom is -0.375 e. The molecule has 0 saturated heterocycles. The largest absolute Gasteiger partial charge is 0.375 e. The Bertz CT molecular complexity index is 3590. The Morgan fingerprint density at radius 3 is 1.59 bits per heavy atom. The van der Waals surface area contributed by atoms with Gasteiger partial charge < -0.3 is 14.3 Å². The number of nitrogens with zero attached hydrogens (tertiary/aromatic N) is 3. The van der Waals surface area contributed by atoms with Crippen LogP contribution in [-0.4, -0.2) is 11.3 Å². The molecule has 1 aromatic heterocycles. The highest BCUT2D eigenvalue weighted by Gasteiger charge is 2.54. The van der Waals surface area contributed by atoms with Crippen LogP contribution in [0.4, 0.5) is 28.4 Å². The van der Waals surface area contributed by atoms with Gasteiger partial charge in [0.15, 0.2) is 0 Å². The molecule has 0 atom stereocenters. The number of para-hydroxylation sites is 2. The predicted octanol–water partition coefficient (Wildman–Crippen LogP) is 17.5. The Labute approximate surface area is 421 Å². The summed E-state index contributed by atoms with van der Waals surface area (Å²) in [6.45, 7) is 25.9. The topological polar surface area (TPSA) is 11.4 Å². The van der Waals surface area contributed by atoms with Crippen molar-refractivity contribution in [2.24, 2.45) is 5.41 Å². The van der Waals surface area contributed by atoms with Crippen molar-refractivity contribution < 1.29 is 0 Å². The van der Waals surface area contributed by atoms with E-state index in [0.717, 1.165) is 11.4 Å². The van der Waals surface area contributed by atoms with E-state index in [0.29, 0.717) is 0 Å². The molecule has 0 bridgehead atoms. The van der Waals surface area contributed by atoms with Crippen LogP contribution in [0.2, 0.25) is 0 Å². The van der Waals surface area contributed by atoms with Gasteiger partial charge in [-0.25, -0.2) is 0 Å². The maximum Gasteiger partial charge on any atom is 0.333 e. The van der Waals surface area contributed by atoms with Crippen molar-refractivity contribution >= 4 is 73.7 Å². The maximum absolute atomic E-state index is 2.79. The average Bonchev–Trinajstić information content (AvgIpc) is 3.82. The Kier molecular flexibility index (Phi) is 10.0. The average molecular weight is 922 g/mol. The zero-order chi connectivity index (χ0) is 49.4. The predicted molar refractivity (Wildman–Crippen MR) is 306 cm³/mol. The summed E-state index contributed by atoms with van der Waals surface area (Å²) in [4.78, 5) is 5.17. The number of aromatic nitrogens is 1. The van der Waals surface area contributed by atoms with Crippen LogP contribution in [0.15, 0.2) is 199 Å². The Hall–Kier alpha value is -7.30. The molecular formula is C67H64BN3. The number of benzene rings is 8. The maximum atomic E-state index is 2.79. The number of fused-ring (bicyclic) bond motifs is 6. The fourth-order valence-corrected chi connectivity index (χ4v) is 12.3. The molecule has 9 aromatic rings. The van der Waals surface area contributed by atoms with E-state index in [1.54, 1.807) is 0 Å². The molecule has 0 amide bonds. The highest BCUT2D eigenvalue weighted by Crippen LogP contribution is 2.62. The van der Waals surface area contributed by atoms with E-state index in [-0.39, 0.29) is 23.1 Å². The first kappa shape index (κ1) is 44.9. The Balaban J connectivity index is 1.29. The summed E-state index contributed by atoms with van der Waals surface area (Å²) < 4.78 is 2.79. The van der Waals surface area contributed by atoms with Crippen molar-refractivity contribution in [1.82, 2.24) is 4.48 Å². The molecule has 71 heavy (non-hydrogen) atoms. The molecule has 12 rings (SSSR count). The number of allylic oxidation sites excluding steroid dienone is 3. The summed E-state index contributed by atoms with van der Waals surface area (Å²) in [6, 6.07) is 71.3. The van der Waals surface area contributed by atoms with Crippen LogP contribution < -0.4 is 15.3 Å². The van der Waals surface area contributed by atoms with Gasteiger partial charge in [0, 0.05) is 61.2 Å². The standard InChI is InChI=1S/C67H64BN3/c1-64(2,3)45-32-35-50(36-33-45)70-56-42-47(66(7,8)9)41-52-51-37-39-55(69(48-28-20-14-21-29-48)49-30-22-15-23-31-49)58-53-40-46(65(4,5)6)34-38-54(53)71(62(51)58)68(60(52)56)61-57(43-24-16-12-17-25-43)59(67(10,11)63(61)70)44-26-18-13-19-27-44/h12-42H,1-11H3. The van der Waals surface area contributed by atoms with Gasteiger partial charge in [0.05, 0.1) is 5.69 Å². The molecule has 4 heteroatoms. The van der Waals surface area contributed by atoms with Crippen LogP contribution in [0.1, 0.15) is 104 Å². The van der Waals surface area contributed by atoms with Crippen LogP contribution in [0, 0.1) is 5.41 Å². The van der Waals surface area contributed by atoms with Crippen LogP contribution >= 0.6 is 0 Å². The number of hydrogen-bond donors (Lipinski definition) is 0. The molecule has 8 aromatic carbocycles. The second-order valence-electron chi connectivity index (χ2n) is 23.8. The van der Waals surface area contributed by atoms with Crippen molar-refractivity contribution in [1.29, 1.82) is 0 Å². The lowest BCUT2D eigenvalue weighted by atomic mass is 9.43. The highest BCUT2D eigenvalue weighted by molar-refractivity contribution is 6.87. The fraction of sp³-hybridized carbons (Fsp3) is 0.224. The van der Waals surface area contributed by atoms with E-state index < -0.39 is 5.41 Å². The van der Waals surface area contributed by atoms with Crippen molar-refractivity contribution in [2.45, 2.75) is 92.4 Å². The van der Waals surface area contributed by atoms with E-state index in [4.69, 9.17) is 0 Å². The van der Waals surface area contributed by atoms with Gasteiger partial charge in [-0.1, -0.05) is 204 Å². The molecule has 0 fully saturated rings. The molecule has 0 radical (unpaired) electrons. The summed E-state index contributed by atoms with van der Waals surface area (Å²) in [7, 11) is 0. The molecule has 0 spiro atoms. The van der Waals surface area contributed by atoms with Crippen LogP contribution in [0.25, 0.3) is 44.1 Å². The summed E-state index contributed by atoms with van der Waals surface area (Å²) in [6.07, 6.45) is 0. The third-order valence-corrected chi connectivity index (χ3v) is 15.7. The summed E-state index contributed by atoms with van der Waals surface area (Å²) in [5, 5.41) is 2.55. The molecule has 0 N–H and O–H groups in total. The van der Waals surface area contributed by atoms with E-state index in [2.05, 4.69) is 278 Å². The van der Waals surface area contributed by atoms with E-state index in [1.165, 1.54) is 106 Å². The summed E-state index contributed by atoms with van der Waals surface area (Å²) >= 11 is 0. The van der Waals surface area contributed by atoms with Gasteiger partial charge in [-0.2, -0.15) is 0 Å². The van der Waals surface area contributed by atoms with Crippen molar-refractivity contribution in [3.8, 4) is 11.1 Å². The molecule has 350 valence electrons. The van der Waals surface area contributed by atoms with Crippen molar-refractivity contribution in [3.63, 3.8) is 0 Å². The number of hydrogen-bond acceptors (Lipinski definition) is 2. The lowest BCUT2D eigenvalue weighted by molar-refractivity contribution is 0.586. The van der Waals surface area contributed by atoms with E-state index in [1.807, 2.05) is 0 Å². The number of rotatable bonds is 6. The normalized spacial score (nSPS) is 15.2. The van der Waals surface area contributed by atoms with E-state index >= 15 is 0 Å². The minimum absolute atomic E-state index is 0.0171. The first-order valence-corrected chi connectivity index (χ1v) is 25.6. The second-order valence-corrected chi connectivity index (χ2v) is 23.8. The molecule has 3 aliphatic rings. The third-order valence-electron chi connectivity index (χ3n) is 15.7. The van der Waals surface area contributed by atoms with Crippen molar-refractivity contribution in [2.75, 3.05) is 9.80 Å². The first-order chi connectivity index (χ1) is 33.9. The summed E-state index contributed by atoms with van der Waals surface area (Å²) in [5.74, 6) is 0. The SMILES string of the molecule is CC1(C)C(c2ccccc2)=C(c2ccccc2)C2=C1N(c1ccc(C(C)(C)C)cc1)c1cc(C(C)(C)C)cc3c1B2n1c2ccc(C(C)(C)C)cc2c2c(N(c4ccccc4)c4ccccc4)ccc-3c21. The van der Waals surface area contributed by atoms with Gasteiger partial charge in [-0.3, -0.25) is 0 Å². The van der Waals surface area contributed by atoms with Crippen LogP contribution in [0.3, 0.4) is 0 Å². The molecular weight excluding hydrogens is 858 g/mol.